The van der Waals surface area contributed by atoms with E-state index in [9.17, 15) is 4.79 Å². The first-order chi connectivity index (χ1) is 10.1. The molecular formula is C18H15NO2. The maximum Gasteiger partial charge on any atom is 0.336 e. The number of rotatable bonds is 3. The van der Waals surface area contributed by atoms with Crippen LogP contribution in [0.25, 0.3) is 6.08 Å². The molecule has 104 valence electrons. The first-order valence-corrected chi connectivity index (χ1v) is 6.56. The summed E-state index contributed by atoms with van der Waals surface area (Å²) in [5.74, 6) is 0.107. The van der Waals surface area contributed by atoms with Crippen LogP contribution in [0, 0.1) is 25.2 Å². The Balaban J connectivity index is 2.01. The molecule has 0 amide bonds. The van der Waals surface area contributed by atoms with E-state index in [1.165, 1.54) is 6.08 Å². The highest BCUT2D eigenvalue weighted by molar-refractivity contribution is 5.88. The van der Waals surface area contributed by atoms with Crippen LogP contribution in [0.4, 0.5) is 0 Å². The monoisotopic (exact) mass is 277 g/mol. The van der Waals surface area contributed by atoms with Crippen molar-refractivity contribution in [2.75, 3.05) is 0 Å². The zero-order valence-corrected chi connectivity index (χ0v) is 12.0. The van der Waals surface area contributed by atoms with Gasteiger partial charge < -0.3 is 4.74 Å². The number of nitriles is 1. The van der Waals surface area contributed by atoms with Gasteiger partial charge in [-0.1, -0.05) is 18.2 Å². The average Bonchev–Trinajstić information content (AvgIpc) is 2.49. The smallest absolute Gasteiger partial charge is 0.336 e. The Bertz CT molecular complexity index is 722. The SMILES string of the molecule is Cc1ccc(OC(=O)/C=C/c2ccc(C#N)cc2)cc1C. The van der Waals surface area contributed by atoms with Crippen molar-refractivity contribution in [1.29, 1.82) is 5.26 Å². The predicted molar refractivity (Wildman–Crippen MR) is 81.7 cm³/mol. The molecule has 3 heteroatoms. The minimum absolute atomic E-state index is 0.428. The molecule has 0 atom stereocenters. The van der Waals surface area contributed by atoms with Crippen LogP contribution in [0.5, 0.6) is 5.75 Å². The van der Waals surface area contributed by atoms with Crippen LogP contribution in [-0.4, -0.2) is 5.97 Å². The molecule has 0 N–H and O–H groups in total. The van der Waals surface area contributed by atoms with Gasteiger partial charge in [0.25, 0.3) is 0 Å². The fraction of sp³-hybridized carbons (Fsp3) is 0.111. The third-order valence-electron chi connectivity index (χ3n) is 3.15. The molecule has 21 heavy (non-hydrogen) atoms. The Morgan fingerprint density at radius 1 is 1.10 bits per heavy atom. The number of benzene rings is 2. The van der Waals surface area contributed by atoms with E-state index < -0.39 is 5.97 Å². The normalized spacial score (nSPS) is 10.3. The van der Waals surface area contributed by atoms with Gasteiger partial charge in [-0.25, -0.2) is 4.79 Å². The lowest BCUT2D eigenvalue weighted by Gasteiger charge is -2.04. The van der Waals surface area contributed by atoms with Gasteiger partial charge in [-0.15, -0.1) is 0 Å². The van der Waals surface area contributed by atoms with Crippen LogP contribution in [0.1, 0.15) is 22.3 Å². The van der Waals surface area contributed by atoms with Crippen molar-refractivity contribution in [2.45, 2.75) is 13.8 Å². The lowest BCUT2D eigenvalue weighted by molar-refractivity contribution is -0.128. The lowest BCUT2D eigenvalue weighted by Crippen LogP contribution is -2.03. The maximum atomic E-state index is 11.7. The van der Waals surface area contributed by atoms with Crippen molar-refractivity contribution < 1.29 is 9.53 Å². The van der Waals surface area contributed by atoms with Crippen LogP contribution in [0.3, 0.4) is 0 Å². The predicted octanol–water partition coefficient (Wildman–Crippen LogP) is 3.79. The number of hydrogen-bond donors (Lipinski definition) is 0. The minimum Gasteiger partial charge on any atom is -0.423 e. The third-order valence-corrected chi connectivity index (χ3v) is 3.15. The third kappa shape index (κ3) is 4.05. The number of nitrogens with zero attached hydrogens (tertiary/aromatic N) is 1. The second kappa shape index (κ2) is 6.53. The summed E-state index contributed by atoms with van der Waals surface area (Å²) >= 11 is 0. The molecular weight excluding hydrogens is 262 g/mol. The van der Waals surface area contributed by atoms with Gasteiger partial charge in [-0.2, -0.15) is 5.26 Å². The molecule has 0 aromatic heterocycles. The molecule has 0 aliphatic heterocycles. The summed E-state index contributed by atoms with van der Waals surface area (Å²) in [7, 11) is 0. The molecule has 0 saturated carbocycles. The molecule has 0 aliphatic carbocycles. The Hall–Kier alpha value is -2.86. The molecule has 0 radical (unpaired) electrons. The van der Waals surface area contributed by atoms with Gasteiger partial charge in [-0.3, -0.25) is 0 Å². The van der Waals surface area contributed by atoms with E-state index >= 15 is 0 Å². The first-order valence-electron chi connectivity index (χ1n) is 6.56. The highest BCUT2D eigenvalue weighted by Gasteiger charge is 2.02. The van der Waals surface area contributed by atoms with E-state index in [4.69, 9.17) is 10.00 Å². The minimum atomic E-state index is -0.428. The van der Waals surface area contributed by atoms with E-state index in [1.807, 2.05) is 32.0 Å². The van der Waals surface area contributed by atoms with E-state index in [2.05, 4.69) is 0 Å². The summed E-state index contributed by atoms with van der Waals surface area (Å²) in [6.07, 6.45) is 3.03. The largest absolute Gasteiger partial charge is 0.423 e. The second-order valence-electron chi connectivity index (χ2n) is 4.73. The topological polar surface area (TPSA) is 50.1 Å². The molecule has 0 saturated heterocycles. The molecule has 0 aliphatic rings. The zero-order chi connectivity index (χ0) is 15.2. The van der Waals surface area contributed by atoms with Gasteiger partial charge >= 0.3 is 5.97 Å². The Labute approximate surface area is 124 Å². The number of aryl methyl sites for hydroxylation is 2. The first kappa shape index (κ1) is 14.5. The van der Waals surface area contributed by atoms with Gasteiger partial charge in [0, 0.05) is 6.08 Å². The molecule has 2 rings (SSSR count). The Morgan fingerprint density at radius 2 is 1.81 bits per heavy atom. The van der Waals surface area contributed by atoms with E-state index in [1.54, 1.807) is 36.4 Å². The highest BCUT2D eigenvalue weighted by atomic mass is 16.5. The number of ether oxygens (including phenoxy) is 1. The second-order valence-corrected chi connectivity index (χ2v) is 4.73. The standard InChI is InChI=1S/C18H15NO2/c1-13-3-9-17(11-14(13)2)21-18(20)10-8-15-4-6-16(12-19)7-5-15/h3-11H,1-2H3/b10-8+. The number of hydrogen-bond acceptors (Lipinski definition) is 3. The summed E-state index contributed by atoms with van der Waals surface area (Å²) in [6, 6.07) is 14.5. The van der Waals surface area contributed by atoms with E-state index in [0.717, 1.165) is 16.7 Å². The van der Waals surface area contributed by atoms with Crippen molar-refractivity contribution >= 4 is 12.0 Å². The van der Waals surface area contributed by atoms with Crippen molar-refractivity contribution in [2.24, 2.45) is 0 Å². The summed E-state index contributed by atoms with van der Waals surface area (Å²) in [6.45, 7) is 3.98. The Kier molecular flexibility index (Phi) is 4.53. The van der Waals surface area contributed by atoms with Crippen molar-refractivity contribution in [3.63, 3.8) is 0 Å². The zero-order valence-electron chi connectivity index (χ0n) is 12.0. The summed E-state index contributed by atoms with van der Waals surface area (Å²) in [4.78, 5) is 11.7. The number of carbonyl (C=O) groups is 1. The van der Waals surface area contributed by atoms with Crippen LogP contribution in [0.15, 0.2) is 48.5 Å². The summed E-state index contributed by atoms with van der Waals surface area (Å²) in [5, 5.41) is 8.71. The van der Waals surface area contributed by atoms with Crippen molar-refractivity contribution in [3.05, 3.63) is 70.8 Å². The molecule has 0 bridgehead atoms. The molecule has 0 spiro atoms. The highest BCUT2D eigenvalue weighted by Crippen LogP contribution is 2.16. The van der Waals surface area contributed by atoms with E-state index in [-0.39, 0.29) is 0 Å². The molecule has 0 fully saturated rings. The average molecular weight is 277 g/mol. The molecule has 0 unspecified atom stereocenters. The van der Waals surface area contributed by atoms with Crippen LogP contribution in [0.2, 0.25) is 0 Å². The van der Waals surface area contributed by atoms with Gasteiger partial charge in [0.05, 0.1) is 11.6 Å². The fourth-order valence-corrected chi connectivity index (χ4v) is 1.76. The summed E-state index contributed by atoms with van der Waals surface area (Å²) in [5.41, 5.74) is 3.66. The molecule has 3 nitrogen and oxygen atoms in total. The van der Waals surface area contributed by atoms with E-state index in [0.29, 0.717) is 11.3 Å². The van der Waals surface area contributed by atoms with Crippen molar-refractivity contribution in [1.82, 2.24) is 0 Å². The van der Waals surface area contributed by atoms with Crippen LogP contribution < -0.4 is 4.74 Å². The van der Waals surface area contributed by atoms with Gasteiger partial charge in [0.15, 0.2) is 0 Å². The number of carbonyl (C=O) groups excluding carboxylic acids is 1. The molecule has 2 aromatic rings. The maximum absolute atomic E-state index is 11.7. The Morgan fingerprint density at radius 3 is 2.43 bits per heavy atom. The summed E-state index contributed by atoms with van der Waals surface area (Å²) < 4.78 is 5.24. The van der Waals surface area contributed by atoms with Crippen LogP contribution in [-0.2, 0) is 4.79 Å². The molecule has 2 aromatic carbocycles. The van der Waals surface area contributed by atoms with Gasteiger partial charge in [0.2, 0.25) is 0 Å². The van der Waals surface area contributed by atoms with Gasteiger partial charge in [0.1, 0.15) is 5.75 Å². The van der Waals surface area contributed by atoms with Crippen LogP contribution >= 0.6 is 0 Å². The number of esters is 1. The van der Waals surface area contributed by atoms with Crippen molar-refractivity contribution in [3.8, 4) is 11.8 Å². The van der Waals surface area contributed by atoms with Gasteiger partial charge in [-0.05, 0) is 60.9 Å². The quantitative estimate of drug-likeness (QED) is 0.487. The molecule has 0 heterocycles. The fourth-order valence-electron chi connectivity index (χ4n) is 1.76. The lowest BCUT2D eigenvalue weighted by atomic mass is 10.1.